The predicted octanol–water partition coefficient (Wildman–Crippen LogP) is 2.44. The van der Waals surface area contributed by atoms with Crippen molar-refractivity contribution in [1.29, 1.82) is 0 Å². The summed E-state index contributed by atoms with van der Waals surface area (Å²) >= 11 is 0. The van der Waals surface area contributed by atoms with Gasteiger partial charge in [0.1, 0.15) is 17.7 Å². The third-order valence-electron chi connectivity index (χ3n) is 6.71. The van der Waals surface area contributed by atoms with Gasteiger partial charge in [0.25, 0.3) is 5.91 Å². The second kappa shape index (κ2) is 9.20. The van der Waals surface area contributed by atoms with Gasteiger partial charge in [0, 0.05) is 53.9 Å². The minimum absolute atomic E-state index is 0.224. The van der Waals surface area contributed by atoms with E-state index in [-0.39, 0.29) is 17.8 Å². The van der Waals surface area contributed by atoms with Crippen LogP contribution in [-0.4, -0.2) is 60.7 Å². The van der Waals surface area contributed by atoms with Crippen LogP contribution in [0.4, 0.5) is 10.2 Å². The number of nitrogens with zero attached hydrogens (tertiary/aromatic N) is 5. The number of aliphatic hydroxyl groups is 1. The minimum atomic E-state index is -0.970. The van der Waals surface area contributed by atoms with Crippen LogP contribution in [0.5, 0.6) is 0 Å². The number of aliphatic hydroxyl groups excluding tert-OH is 1. The van der Waals surface area contributed by atoms with Gasteiger partial charge in [-0.25, -0.2) is 9.37 Å². The van der Waals surface area contributed by atoms with Gasteiger partial charge in [0.05, 0.1) is 17.4 Å². The number of hydrogen-bond acceptors (Lipinski definition) is 7. The first-order chi connectivity index (χ1) is 16.8. The van der Waals surface area contributed by atoms with Crippen molar-refractivity contribution in [3.8, 4) is 11.1 Å². The minimum Gasteiger partial charge on any atom is -0.384 e. The number of anilines is 1. The smallest absolute Gasteiger partial charge is 0.251 e. The van der Waals surface area contributed by atoms with Gasteiger partial charge in [-0.2, -0.15) is 9.61 Å². The number of nitrogens with one attached hydrogen (secondary N) is 1. The van der Waals surface area contributed by atoms with Crippen molar-refractivity contribution in [2.45, 2.75) is 45.4 Å². The Balaban J connectivity index is 1.38. The van der Waals surface area contributed by atoms with E-state index in [1.54, 1.807) is 27.9 Å². The van der Waals surface area contributed by atoms with E-state index in [9.17, 15) is 14.3 Å². The number of carbonyl (C=O) groups excluding carboxylic acids is 1. The lowest BCUT2D eigenvalue weighted by Gasteiger charge is -2.33. The van der Waals surface area contributed by atoms with Crippen LogP contribution in [0.2, 0.25) is 0 Å². The summed E-state index contributed by atoms with van der Waals surface area (Å²) in [6.07, 6.45) is 4.06. The number of aromatic nitrogens is 4. The summed E-state index contributed by atoms with van der Waals surface area (Å²) in [6, 6.07) is 6.61. The molecule has 4 aromatic rings. The second-order valence-corrected chi connectivity index (χ2v) is 9.08. The van der Waals surface area contributed by atoms with Crippen LogP contribution in [0.1, 0.15) is 31.0 Å². The van der Waals surface area contributed by atoms with Crippen molar-refractivity contribution in [2.24, 2.45) is 0 Å². The van der Waals surface area contributed by atoms with E-state index in [4.69, 9.17) is 10.7 Å². The molecule has 35 heavy (non-hydrogen) atoms. The molecule has 1 aromatic carbocycles. The number of pyridine rings is 1. The molecule has 1 atom stereocenters. The van der Waals surface area contributed by atoms with Crippen LogP contribution in [0.15, 0.2) is 36.7 Å². The number of amides is 1. The van der Waals surface area contributed by atoms with Crippen LogP contribution in [0, 0.1) is 12.7 Å². The number of likely N-dealkylation sites (tertiary alicyclic amines) is 1. The van der Waals surface area contributed by atoms with Crippen LogP contribution in [0.25, 0.3) is 27.7 Å². The first-order valence-corrected chi connectivity index (χ1v) is 11.7. The van der Waals surface area contributed by atoms with Gasteiger partial charge in [0.15, 0.2) is 5.65 Å². The Bertz CT molecular complexity index is 1410. The van der Waals surface area contributed by atoms with E-state index in [1.807, 2.05) is 13.0 Å². The number of nitrogen functional groups attached to an aromatic ring is 1. The SMILES string of the molecule is Cc1c(CNC2CCN(C(=O)C(C)O)CC2)nc2c(-c3cnc4ccc(F)cc4c3)cnn2c1N. The van der Waals surface area contributed by atoms with E-state index >= 15 is 0 Å². The van der Waals surface area contributed by atoms with Crippen molar-refractivity contribution in [2.75, 3.05) is 18.8 Å². The van der Waals surface area contributed by atoms with Crippen molar-refractivity contribution >= 4 is 28.3 Å². The largest absolute Gasteiger partial charge is 0.384 e. The molecule has 0 spiro atoms. The average molecular weight is 478 g/mol. The lowest BCUT2D eigenvalue weighted by molar-refractivity contribution is -0.140. The molecule has 10 heteroatoms. The molecule has 4 heterocycles. The topological polar surface area (TPSA) is 122 Å². The fraction of sp³-hybridized carbons (Fsp3) is 0.360. The number of fused-ring (bicyclic) bond motifs is 2. The summed E-state index contributed by atoms with van der Waals surface area (Å²) < 4.78 is 15.4. The second-order valence-electron chi connectivity index (χ2n) is 9.08. The quantitative estimate of drug-likeness (QED) is 0.404. The number of hydrogen-bond donors (Lipinski definition) is 3. The summed E-state index contributed by atoms with van der Waals surface area (Å²) in [5, 5.41) is 18.2. The lowest BCUT2D eigenvalue weighted by atomic mass is 10.0. The molecule has 0 aliphatic carbocycles. The Labute approximate surface area is 201 Å². The summed E-state index contributed by atoms with van der Waals surface area (Å²) in [5.74, 6) is -0.0303. The molecule has 182 valence electrons. The number of rotatable bonds is 5. The fourth-order valence-corrected chi connectivity index (χ4v) is 4.58. The highest BCUT2D eigenvalue weighted by Crippen LogP contribution is 2.29. The molecule has 0 saturated carbocycles. The molecule has 1 aliphatic rings. The van der Waals surface area contributed by atoms with Crippen molar-refractivity contribution in [3.05, 3.63) is 53.7 Å². The van der Waals surface area contributed by atoms with Crippen LogP contribution >= 0.6 is 0 Å². The molecule has 1 aliphatic heterocycles. The molecular weight excluding hydrogens is 449 g/mol. The Kier molecular flexibility index (Phi) is 6.08. The van der Waals surface area contributed by atoms with Gasteiger partial charge >= 0.3 is 0 Å². The van der Waals surface area contributed by atoms with Crippen molar-refractivity contribution in [1.82, 2.24) is 29.8 Å². The zero-order chi connectivity index (χ0) is 24.7. The third-order valence-corrected chi connectivity index (χ3v) is 6.71. The molecule has 1 unspecified atom stereocenters. The molecular formula is C25H28FN7O2. The number of carbonyl (C=O) groups is 1. The Morgan fingerprint density at radius 3 is 2.80 bits per heavy atom. The van der Waals surface area contributed by atoms with Crippen LogP contribution in [0.3, 0.4) is 0 Å². The van der Waals surface area contributed by atoms with Crippen molar-refractivity contribution in [3.63, 3.8) is 0 Å². The fourth-order valence-electron chi connectivity index (χ4n) is 4.58. The first-order valence-electron chi connectivity index (χ1n) is 11.7. The molecule has 1 fully saturated rings. The van der Waals surface area contributed by atoms with Gasteiger partial charge in [-0.15, -0.1) is 0 Å². The number of benzene rings is 1. The zero-order valence-electron chi connectivity index (χ0n) is 19.7. The Morgan fingerprint density at radius 1 is 1.29 bits per heavy atom. The number of nitrogens with two attached hydrogens (primary N) is 1. The molecule has 4 N–H and O–H groups in total. The average Bonchev–Trinajstić information content (AvgIpc) is 3.28. The number of piperidine rings is 1. The van der Waals surface area contributed by atoms with Crippen molar-refractivity contribution < 1.29 is 14.3 Å². The molecule has 9 nitrogen and oxygen atoms in total. The summed E-state index contributed by atoms with van der Waals surface area (Å²) in [4.78, 5) is 23.0. The van der Waals surface area contributed by atoms with E-state index < -0.39 is 6.10 Å². The molecule has 1 amide bonds. The maximum atomic E-state index is 13.7. The molecule has 5 rings (SSSR count). The standard InChI is InChI=1S/C25H28FN7O2/c1-14-22(13-28-19-5-7-32(8-6-19)25(35)15(2)34)31-24-20(12-30-33(24)23(14)27)17-9-16-10-18(26)3-4-21(16)29-11-17/h3-4,9-12,15,19,28,34H,5-8,13,27H2,1-2H3. The predicted molar refractivity (Wildman–Crippen MR) is 131 cm³/mol. The lowest BCUT2D eigenvalue weighted by Crippen LogP contribution is -2.47. The van der Waals surface area contributed by atoms with Crippen LogP contribution in [-0.2, 0) is 11.3 Å². The summed E-state index contributed by atoms with van der Waals surface area (Å²) in [5.41, 5.74) is 10.9. The number of halogens is 1. The van der Waals surface area contributed by atoms with E-state index in [0.29, 0.717) is 42.0 Å². The highest BCUT2D eigenvalue weighted by molar-refractivity contribution is 5.87. The highest BCUT2D eigenvalue weighted by Gasteiger charge is 2.25. The summed E-state index contributed by atoms with van der Waals surface area (Å²) in [7, 11) is 0. The van der Waals surface area contributed by atoms with E-state index in [0.717, 1.165) is 35.2 Å². The van der Waals surface area contributed by atoms with Gasteiger partial charge in [0.2, 0.25) is 0 Å². The van der Waals surface area contributed by atoms with E-state index in [2.05, 4.69) is 15.4 Å². The maximum Gasteiger partial charge on any atom is 0.251 e. The van der Waals surface area contributed by atoms with Gasteiger partial charge in [-0.3, -0.25) is 9.78 Å². The normalized spacial score (nSPS) is 15.7. The van der Waals surface area contributed by atoms with Crippen LogP contribution < -0.4 is 11.1 Å². The molecule has 1 saturated heterocycles. The zero-order valence-corrected chi connectivity index (χ0v) is 19.7. The molecule has 3 aromatic heterocycles. The third kappa shape index (κ3) is 4.42. The van der Waals surface area contributed by atoms with Gasteiger partial charge in [-0.1, -0.05) is 0 Å². The first kappa shape index (κ1) is 23.1. The van der Waals surface area contributed by atoms with Gasteiger partial charge < -0.3 is 21.1 Å². The van der Waals surface area contributed by atoms with Gasteiger partial charge in [-0.05, 0) is 51.0 Å². The Hall–Kier alpha value is -3.63. The summed E-state index contributed by atoms with van der Waals surface area (Å²) in [6.45, 7) is 5.16. The maximum absolute atomic E-state index is 13.7. The monoisotopic (exact) mass is 477 g/mol. The highest BCUT2D eigenvalue weighted by atomic mass is 19.1. The molecule has 0 radical (unpaired) electrons. The van der Waals surface area contributed by atoms with E-state index in [1.165, 1.54) is 19.1 Å². The Morgan fingerprint density at radius 2 is 2.06 bits per heavy atom. The molecule has 0 bridgehead atoms.